The lowest BCUT2D eigenvalue weighted by Gasteiger charge is -2.57. The molecular weight excluding hydrogens is 432 g/mol. The molecule has 0 aromatic heterocycles. The van der Waals surface area contributed by atoms with Gasteiger partial charge in [-0.15, -0.1) is 0 Å². The van der Waals surface area contributed by atoms with Crippen molar-refractivity contribution >= 4 is 15.9 Å². The molecular formula is C24H27BrO4. The monoisotopic (exact) mass is 458 g/mol. The zero-order valence-corrected chi connectivity index (χ0v) is 18.7. The highest BCUT2D eigenvalue weighted by Crippen LogP contribution is 2.71. The van der Waals surface area contributed by atoms with Crippen molar-refractivity contribution in [2.45, 2.75) is 52.4 Å². The molecule has 0 aliphatic heterocycles. The lowest BCUT2D eigenvalue weighted by molar-refractivity contribution is 0.0122. The molecule has 0 unspecified atom stereocenters. The van der Waals surface area contributed by atoms with Crippen molar-refractivity contribution in [1.29, 1.82) is 0 Å². The molecule has 0 spiro atoms. The summed E-state index contributed by atoms with van der Waals surface area (Å²) in [5.41, 5.74) is 4.92. The average Bonchev–Trinajstić information content (AvgIpc) is 3.00. The Hall–Kier alpha value is -2.14. The Balaban J connectivity index is 1.89. The van der Waals surface area contributed by atoms with Crippen LogP contribution in [0.5, 0.6) is 23.0 Å². The Morgan fingerprint density at radius 2 is 1.79 bits per heavy atom. The van der Waals surface area contributed by atoms with Gasteiger partial charge in [0.05, 0.1) is 0 Å². The number of halogens is 1. The number of aromatic hydroxyl groups is 4. The van der Waals surface area contributed by atoms with Crippen LogP contribution in [0.15, 0.2) is 34.3 Å². The van der Waals surface area contributed by atoms with Crippen molar-refractivity contribution in [2.24, 2.45) is 11.3 Å². The third-order valence-electron chi connectivity index (χ3n) is 7.02. The Morgan fingerprint density at radius 3 is 2.41 bits per heavy atom. The Morgan fingerprint density at radius 1 is 1.10 bits per heavy atom. The summed E-state index contributed by atoms with van der Waals surface area (Å²) in [6.45, 7) is 8.50. The van der Waals surface area contributed by atoms with Gasteiger partial charge >= 0.3 is 0 Å². The molecule has 2 aromatic rings. The summed E-state index contributed by atoms with van der Waals surface area (Å²) in [5, 5.41) is 41.4. The molecule has 29 heavy (non-hydrogen) atoms. The molecule has 1 saturated carbocycles. The number of fused-ring (bicyclic) bond motifs is 3. The van der Waals surface area contributed by atoms with E-state index < -0.39 is 0 Å². The van der Waals surface area contributed by atoms with E-state index in [1.807, 2.05) is 19.9 Å². The predicted molar refractivity (Wildman–Crippen MR) is 117 cm³/mol. The maximum Gasteiger partial charge on any atom is 0.157 e. The van der Waals surface area contributed by atoms with Gasteiger partial charge < -0.3 is 20.4 Å². The molecule has 2 aliphatic carbocycles. The van der Waals surface area contributed by atoms with Crippen LogP contribution < -0.4 is 0 Å². The molecule has 154 valence electrons. The van der Waals surface area contributed by atoms with E-state index in [9.17, 15) is 20.4 Å². The van der Waals surface area contributed by atoms with Crippen LogP contribution in [-0.4, -0.2) is 20.4 Å². The Bertz CT molecular complexity index is 1030. The van der Waals surface area contributed by atoms with Gasteiger partial charge in [0.15, 0.2) is 11.5 Å². The first-order valence-electron chi connectivity index (χ1n) is 9.96. The normalized spacial score (nSPS) is 23.8. The smallest absolute Gasteiger partial charge is 0.157 e. The highest BCUT2D eigenvalue weighted by Gasteiger charge is 2.61. The highest BCUT2D eigenvalue weighted by molar-refractivity contribution is 9.10. The lowest BCUT2D eigenvalue weighted by Crippen LogP contribution is -2.48. The quantitative estimate of drug-likeness (QED) is 0.342. The van der Waals surface area contributed by atoms with Gasteiger partial charge in [-0.2, -0.15) is 0 Å². The van der Waals surface area contributed by atoms with Crippen molar-refractivity contribution in [1.82, 2.24) is 0 Å². The van der Waals surface area contributed by atoms with Gasteiger partial charge in [-0.25, -0.2) is 0 Å². The SMILES string of the molecule is CC(C)=CCc1c(O)c(Br)c(O)c2c1[C@@H]1[C@H](C2)C(C)(C)[C@H]1c1ccc(O)c(O)c1. The molecule has 0 radical (unpaired) electrons. The largest absolute Gasteiger partial charge is 0.506 e. The molecule has 0 heterocycles. The van der Waals surface area contributed by atoms with Gasteiger partial charge in [-0.05, 0) is 94.6 Å². The van der Waals surface area contributed by atoms with Crippen molar-refractivity contribution in [3.63, 3.8) is 0 Å². The summed E-state index contributed by atoms with van der Waals surface area (Å²) in [7, 11) is 0. The van der Waals surface area contributed by atoms with Crippen LogP contribution >= 0.6 is 15.9 Å². The van der Waals surface area contributed by atoms with E-state index in [1.165, 1.54) is 11.6 Å². The predicted octanol–water partition coefficient (Wildman–Crippen LogP) is 5.86. The summed E-state index contributed by atoms with van der Waals surface area (Å²) >= 11 is 3.38. The molecule has 4 rings (SSSR count). The Labute approximate surface area is 179 Å². The standard InChI is InChI=1S/C24H27BrO4/c1-11(2)5-7-13-18-14(23(29)21(25)22(13)28)10-15-19(18)20(24(15,3)4)12-6-8-16(26)17(27)9-12/h5-6,8-9,15,19-20,26-29H,7,10H2,1-4H3/t15-,19-,20-/m0/s1. The van der Waals surface area contributed by atoms with Crippen molar-refractivity contribution in [3.8, 4) is 23.0 Å². The van der Waals surface area contributed by atoms with Gasteiger partial charge in [0.2, 0.25) is 0 Å². The van der Waals surface area contributed by atoms with E-state index in [2.05, 4.69) is 35.9 Å². The second-order valence-corrected chi connectivity index (χ2v) is 10.0. The summed E-state index contributed by atoms with van der Waals surface area (Å²) in [6, 6.07) is 5.04. The molecule has 2 aromatic carbocycles. The minimum atomic E-state index is -0.127. The number of phenolic OH excluding ortho intramolecular Hbond substituents is 4. The van der Waals surface area contributed by atoms with Crippen molar-refractivity contribution < 1.29 is 20.4 Å². The Kier molecular flexibility index (Phi) is 4.65. The first-order valence-corrected chi connectivity index (χ1v) is 10.7. The summed E-state index contributed by atoms with van der Waals surface area (Å²) < 4.78 is 0.367. The van der Waals surface area contributed by atoms with Gasteiger partial charge in [0.25, 0.3) is 0 Å². The second kappa shape index (κ2) is 6.69. The van der Waals surface area contributed by atoms with Crippen LogP contribution in [0.2, 0.25) is 0 Å². The number of phenols is 4. The van der Waals surface area contributed by atoms with E-state index >= 15 is 0 Å². The maximum atomic E-state index is 10.8. The van der Waals surface area contributed by atoms with Crippen LogP contribution in [0.1, 0.15) is 61.8 Å². The van der Waals surface area contributed by atoms with E-state index in [4.69, 9.17) is 0 Å². The molecule has 3 atom stereocenters. The number of benzene rings is 2. The van der Waals surface area contributed by atoms with E-state index in [0.29, 0.717) is 16.8 Å². The average molecular weight is 459 g/mol. The van der Waals surface area contributed by atoms with E-state index in [1.54, 1.807) is 6.07 Å². The van der Waals surface area contributed by atoms with Crippen LogP contribution in [0.3, 0.4) is 0 Å². The van der Waals surface area contributed by atoms with Crippen LogP contribution in [0.25, 0.3) is 0 Å². The number of allylic oxidation sites excluding steroid dienone is 2. The van der Waals surface area contributed by atoms with Crippen molar-refractivity contribution in [2.75, 3.05) is 0 Å². The molecule has 2 aliphatic rings. The first kappa shape index (κ1) is 20.1. The summed E-state index contributed by atoms with van der Waals surface area (Å²) in [6.07, 6.45) is 3.46. The van der Waals surface area contributed by atoms with E-state index in [-0.39, 0.29) is 40.2 Å². The molecule has 0 amide bonds. The van der Waals surface area contributed by atoms with Crippen LogP contribution in [0, 0.1) is 11.3 Å². The topological polar surface area (TPSA) is 80.9 Å². The molecule has 0 bridgehead atoms. The molecule has 4 N–H and O–H groups in total. The zero-order chi connectivity index (χ0) is 21.2. The van der Waals surface area contributed by atoms with Crippen LogP contribution in [-0.2, 0) is 12.8 Å². The fourth-order valence-electron chi connectivity index (χ4n) is 5.55. The number of hydrogen-bond acceptors (Lipinski definition) is 4. The van der Waals surface area contributed by atoms with Gasteiger partial charge in [-0.3, -0.25) is 0 Å². The minimum absolute atomic E-state index is 0.0462. The molecule has 0 saturated heterocycles. The van der Waals surface area contributed by atoms with Gasteiger partial charge in [-0.1, -0.05) is 31.6 Å². The van der Waals surface area contributed by atoms with Gasteiger partial charge in [0, 0.05) is 5.56 Å². The fraction of sp³-hybridized carbons (Fsp3) is 0.417. The van der Waals surface area contributed by atoms with E-state index in [0.717, 1.165) is 28.7 Å². The molecule has 4 nitrogen and oxygen atoms in total. The molecule has 5 heteroatoms. The second-order valence-electron chi connectivity index (χ2n) is 9.25. The van der Waals surface area contributed by atoms with Crippen molar-refractivity contribution in [3.05, 3.63) is 56.6 Å². The first-order chi connectivity index (χ1) is 13.6. The molecule has 1 fully saturated rings. The number of hydrogen-bond donors (Lipinski definition) is 4. The third-order valence-corrected chi connectivity index (χ3v) is 7.77. The van der Waals surface area contributed by atoms with Crippen LogP contribution in [0.4, 0.5) is 0 Å². The summed E-state index contributed by atoms with van der Waals surface area (Å²) in [4.78, 5) is 0. The minimum Gasteiger partial charge on any atom is -0.506 e. The highest BCUT2D eigenvalue weighted by atomic mass is 79.9. The zero-order valence-electron chi connectivity index (χ0n) is 17.1. The number of rotatable bonds is 3. The maximum absolute atomic E-state index is 10.8. The third kappa shape index (κ3) is 2.85. The van der Waals surface area contributed by atoms with Gasteiger partial charge in [0.1, 0.15) is 16.0 Å². The summed E-state index contributed by atoms with van der Waals surface area (Å²) in [5.74, 6) is 0.597. The fourth-order valence-corrected chi connectivity index (χ4v) is 6.03. The lowest BCUT2D eigenvalue weighted by atomic mass is 9.46.